The van der Waals surface area contributed by atoms with Gasteiger partial charge in [0.25, 0.3) is 0 Å². The average Bonchev–Trinajstić information content (AvgIpc) is 3.13. The van der Waals surface area contributed by atoms with Crippen molar-refractivity contribution in [3.05, 3.63) is 70.0 Å². The zero-order valence-corrected chi connectivity index (χ0v) is 18.2. The number of hydrogen-bond acceptors (Lipinski definition) is 4. The first kappa shape index (κ1) is 21.5. The van der Waals surface area contributed by atoms with E-state index in [1.807, 2.05) is 66.6 Å². The number of nitrogens with zero attached hydrogens (tertiary/aromatic N) is 4. The summed E-state index contributed by atoms with van der Waals surface area (Å²) in [5.41, 5.74) is 3.74. The van der Waals surface area contributed by atoms with Crippen LogP contribution in [0.5, 0.6) is 0 Å². The summed E-state index contributed by atoms with van der Waals surface area (Å²) >= 11 is 5.39. The van der Waals surface area contributed by atoms with Crippen LogP contribution in [-0.4, -0.2) is 32.1 Å². The Morgan fingerprint density at radius 1 is 1.23 bits per heavy atom. The summed E-state index contributed by atoms with van der Waals surface area (Å²) in [7, 11) is 0. The summed E-state index contributed by atoms with van der Waals surface area (Å²) in [6.07, 6.45) is 0.321. The Kier molecular flexibility index (Phi) is 6.80. The Hall–Kier alpha value is -3.24. The Morgan fingerprint density at radius 2 is 1.90 bits per heavy atom. The molecule has 0 radical (unpaired) electrons. The normalized spacial score (nSPS) is 11.7. The van der Waals surface area contributed by atoms with E-state index in [-0.39, 0.29) is 11.9 Å². The number of carbonyl (C=O) groups excluding carboxylic acids is 1. The fraction of sp³-hybridized carbons (Fsp3) is 0.304. The molecule has 3 rings (SSSR count). The summed E-state index contributed by atoms with van der Waals surface area (Å²) in [6.45, 7) is 7.06. The molecule has 0 spiro atoms. The Bertz CT molecular complexity index is 1110. The number of aryl methyl sites for hydroxylation is 1. The molecule has 0 saturated heterocycles. The summed E-state index contributed by atoms with van der Waals surface area (Å²) in [6, 6.07) is 17.5. The van der Waals surface area contributed by atoms with Crippen molar-refractivity contribution in [2.24, 2.45) is 0 Å². The van der Waals surface area contributed by atoms with Gasteiger partial charge in [0.2, 0.25) is 5.91 Å². The lowest BCUT2D eigenvalue weighted by Crippen LogP contribution is -2.34. The van der Waals surface area contributed by atoms with E-state index < -0.39 is 0 Å². The minimum absolute atomic E-state index is 0.0484. The highest BCUT2D eigenvalue weighted by atomic mass is 32.1. The Morgan fingerprint density at radius 3 is 2.50 bits per heavy atom. The van der Waals surface area contributed by atoms with Gasteiger partial charge >= 0.3 is 0 Å². The van der Waals surface area contributed by atoms with Crippen molar-refractivity contribution in [1.82, 2.24) is 19.7 Å². The molecule has 0 bridgehead atoms. The van der Waals surface area contributed by atoms with Gasteiger partial charge in [-0.3, -0.25) is 14.5 Å². The van der Waals surface area contributed by atoms with E-state index in [1.165, 1.54) is 5.56 Å². The molecule has 1 atom stereocenters. The zero-order chi connectivity index (χ0) is 21.7. The van der Waals surface area contributed by atoms with Gasteiger partial charge in [0.05, 0.1) is 17.7 Å². The molecule has 3 aromatic rings. The number of H-pyrrole nitrogens is 1. The van der Waals surface area contributed by atoms with Gasteiger partial charge in [-0.2, -0.15) is 10.4 Å². The van der Waals surface area contributed by atoms with Crippen LogP contribution in [0.4, 0.5) is 0 Å². The molecule has 1 N–H and O–H groups in total. The summed E-state index contributed by atoms with van der Waals surface area (Å²) < 4.78 is 2.37. The molecular weight excluding hydrogens is 394 g/mol. The fourth-order valence-electron chi connectivity index (χ4n) is 3.48. The van der Waals surface area contributed by atoms with Crippen molar-refractivity contribution in [3.63, 3.8) is 0 Å². The first-order valence-corrected chi connectivity index (χ1v) is 10.4. The number of carbonyl (C=O) groups is 1. The van der Waals surface area contributed by atoms with Crippen LogP contribution in [0.15, 0.2) is 48.5 Å². The minimum Gasteiger partial charge on any atom is -0.336 e. The zero-order valence-electron chi connectivity index (χ0n) is 17.4. The van der Waals surface area contributed by atoms with E-state index in [2.05, 4.69) is 16.3 Å². The molecule has 0 aliphatic rings. The van der Waals surface area contributed by atoms with Crippen LogP contribution in [0.2, 0.25) is 0 Å². The highest BCUT2D eigenvalue weighted by molar-refractivity contribution is 7.71. The molecule has 154 valence electrons. The van der Waals surface area contributed by atoms with Gasteiger partial charge < -0.3 is 4.90 Å². The van der Waals surface area contributed by atoms with E-state index in [4.69, 9.17) is 17.5 Å². The van der Waals surface area contributed by atoms with Crippen molar-refractivity contribution in [3.8, 4) is 17.5 Å². The van der Waals surface area contributed by atoms with Gasteiger partial charge in [-0.1, -0.05) is 42.0 Å². The highest BCUT2D eigenvalue weighted by Crippen LogP contribution is 2.22. The minimum atomic E-state index is -0.0795. The number of aromatic nitrogens is 3. The van der Waals surface area contributed by atoms with Gasteiger partial charge in [0, 0.05) is 25.1 Å². The number of amides is 1. The van der Waals surface area contributed by atoms with Crippen LogP contribution in [0, 0.1) is 23.0 Å². The van der Waals surface area contributed by atoms with E-state index >= 15 is 0 Å². The molecule has 1 amide bonds. The van der Waals surface area contributed by atoms with Crippen LogP contribution in [-0.2, 0) is 11.3 Å². The predicted octanol–water partition coefficient (Wildman–Crippen LogP) is 4.79. The smallest absolute Gasteiger partial charge is 0.224 e. The van der Waals surface area contributed by atoms with Crippen molar-refractivity contribution in [2.75, 3.05) is 6.54 Å². The molecule has 7 heteroatoms. The van der Waals surface area contributed by atoms with Crippen LogP contribution in [0.25, 0.3) is 11.4 Å². The lowest BCUT2D eigenvalue weighted by Gasteiger charge is -2.28. The lowest BCUT2D eigenvalue weighted by atomic mass is 10.0. The van der Waals surface area contributed by atoms with E-state index in [0.29, 0.717) is 29.8 Å². The van der Waals surface area contributed by atoms with Crippen LogP contribution in [0.3, 0.4) is 0 Å². The number of aromatic amines is 1. The SMILES string of the molecule is CCN(C(=O)CCn1c(-c2ccc(C)cc2)n[nH]c1=S)C(C)c1ccc(C#N)cc1. The molecule has 0 aliphatic heterocycles. The number of nitriles is 1. The van der Waals surface area contributed by atoms with Gasteiger partial charge in [0.15, 0.2) is 10.6 Å². The van der Waals surface area contributed by atoms with Crippen molar-refractivity contribution < 1.29 is 4.79 Å². The van der Waals surface area contributed by atoms with Gasteiger partial charge in [-0.05, 0) is 50.7 Å². The number of benzene rings is 2. The molecule has 1 unspecified atom stereocenters. The molecule has 2 aromatic carbocycles. The van der Waals surface area contributed by atoms with Crippen molar-refractivity contribution in [2.45, 2.75) is 39.8 Å². The molecular formula is C23H25N5OS. The molecule has 6 nitrogen and oxygen atoms in total. The third-order valence-electron chi connectivity index (χ3n) is 5.27. The largest absolute Gasteiger partial charge is 0.336 e. The third-order valence-corrected chi connectivity index (χ3v) is 5.58. The maximum atomic E-state index is 13.0. The second kappa shape index (κ2) is 9.51. The van der Waals surface area contributed by atoms with Crippen molar-refractivity contribution in [1.29, 1.82) is 5.26 Å². The molecule has 1 heterocycles. The monoisotopic (exact) mass is 419 g/mol. The van der Waals surface area contributed by atoms with Gasteiger partial charge in [-0.25, -0.2) is 0 Å². The second-order valence-electron chi connectivity index (χ2n) is 7.21. The second-order valence-corrected chi connectivity index (χ2v) is 7.60. The van der Waals surface area contributed by atoms with Gasteiger partial charge in [-0.15, -0.1) is 0 Å². The van der Waals surface area contributed by atoms with Crippen molar-refractivity contribution >= 4 is 18.1 Å². The molecule has 0 fully saturated rings. The average molecular weight is 420 g/mol. The van der Waals surface area contributed by atoms with E-state index in [1.54, 1.807) is 12.1 Å². The van der Waals surface area contributed by atoms with E-state index in [0.717, 1.165) is 17.0 Å². The Balaban J connectivity index is 1.74. The lowest BCUT2D eigenvalue weighted by molar-refractivity contribution is -0.133. The maximum Gasteiger partial charge on any atom is 0.224 e. The standard InChI is InChI=1S/C23H25N5OS/c1-4-27(17(3)19-11-7-18(15-24)8-12-19)21(29)13-14-28-22(25-26-23(28)30)20-9-5-16(2)6-10-20/h5-12,17H,4,13-14H2,1-3H3,(H,26,30). The number of hydrogen-bond donors (Lipinski definition) is 1. The predicted molar refractivity (Wildman–Crippen MR) is 119 cm³/mol. The molecule has 0 saturated carbocycles. The van der Waals surface area contributed by atoms with Gasteiger partial charge in [0.1, 0.15) is 0 Å². The topological polar surface area (TPSA) is 77.7 Å². The third kappa shape index (κ3) is 4.66. The summed E-state index contributed by atoms with van der Waals surface area (Å²) in [5, 5.41) is 16.2. The fourth-order valence-corrected chi connectivity index (χ4v) is 3.70. The quantitative estimate of drug-likeness (QED) is 0.559. The van der Waals surface area contributed by atoms with Crippen LogP contribution < -0.4 is 0 Å². The first-order chi connectivity index (χ1) is 14.4. The summed E-state index contributed by atoms with van der Waals surface area (Å²) in [4.78, 5) is 14.9. The van der Waals surface area contributed by atoms with Crippen LogP contribution >= 0.6 is 12.2 Å². The first-order valence-electron chi connectivity index (χ1n) is 9.96. The summed E-state index contributed by atoms with van der Waals surface area (Å²) in [5.74, 6) is 0.781. The highest BCUT2D eigenvalue weighted by Gasteiger charge is 2.20. The number of rotatable bonds is 7. The number of nitrogens with one attached hydrogen (secondary N) is 1. The maximum absolute atomic E-state index is 13.0. The molecule has 1 aromatic heterocycles. The van der Waals surface area contributed by atoms with E-state index in [9.17, 15) is 4.79 Å². The Labute approximate surface area is 181 Å². The molecule has 0 aliphatic carbocycles. The molecule has 30 heavy (non-hydrogen) atoms. The van der Waals surface area contributed by atoms with Crippen LogP contribution in [0.1, 0.15) is 43.0 Å².